The Kier molecular flexibility index (Phi) is 4.90. The number of benzene rings is 1. The van der Waals surface area contributed by atoms with E-state index in [1.807, 2.05) is 17.0 Å². The van der Waals surface area contributed by atoms with E-state index in [4.69, 9.17) is 0 Å². The number of carboxylic acid groups (broad SMARTS) is 1. The summed E-state index contributed by atoms with van der Waals surface area (Å²) < 4.78 is 0. The predicted octanol–water partition coefficient (Wildman–Crippen LogP) is 1.84. The van der Waals surface area contributed by atoms with Crippen molar-refractivity contribution in [2.75, 3.05) is 26.2 Å². The van der Waals surface area contributed by atoms with Crippen LogP contribution in [0.2, 0.25) is 0 Å². The van der Waals surface area contributed by atoms with E-state index in [1.165, 1.54) is 11.1 Å². The lowest BCUT2D eigenvalue weighted by Crippen LogP contribution is -2.39. The van der Waals surface area contributed by atoms with Gasteiger partial charge in [0.15, 0.2) is 0 Å². The Hall–Kier alpha value is -1.88. The summed E-state index contributed by atoms with van der Waals surface area (Å²) in [6.07, 6.45) is 3.53. The second-order valence-electron chi connectivity index (χ2n) is 7.25. The van der Waals surface area contributed by atoms with E-state index in [0.717, 1.165) is 32.2 Å². The van der Waals surface area contributed by atoms with Gasteiger partial charge in [-0.2, -0.15) is 0 Å². The van der Waals surface area contributed by atoms with Crippen molar-refractivity contribution in [3.63, 3.8) is 0 Å². The SMILES string of the molecule is Cc1ccccc1CCNC(=O)CN1C[C@@H]2CCC[C@@]2(C(=O)O)C1. The van der Waals surface area contributed by atoms with Crippen molar-refractivity contribution in [3.8, 4) is 0 Å². The molecule has 1 aromatic rings. The molecule has 0 bridgehead atoms. The van der Waals surface area contributed by atoms with Gasteiger partial charge in [-0.3, -0.25) is 14.5 Å². The Morgan fingerprint density at radius 1 is 1.38 bits per heavy atom. The van der Waals surface area contributed by atoms with Gasteiger partial charge in [0.25, 0.3) is 0 Å². The molecule has 2 aliphatic rings. The summed E-state index contributed by atoms with van der Waals surface area (Å²) in [6.45, 7) is 4.24. The fourth-order valence-electron chi connectivity index (χ4n) is 4.35. The third kappa shape index (κ3) is 3.31. The van der Waals surface area contributed by atoms with Crippen molar-refractivity contribution >= 4 is 11.9 Å². The van der Waals surface area contributed by atoms with Gasteiger partial charge in [-0.15, -0.1) is 0 Å². The summed E-state index contributed by atoms with van der Waals surface area (Å²) in [5.74, 6) is -0.494. The zero-order valence-corrected chi connectivity index (χ0v) is 14.3. The number of hydrogen-bond acceptors (Lipinski definition) is 3. The molecule has 130 valence electrons. The molecule has 2 fully saturated rings. The molecule has 0 aromatic heterocycles. The Labute approximate surface area is 143 Å². The molecule has 1 aromatic carbocycles. The Balaban J connectivity index is 1.46. The van der Waals surface area contributed by atoms with Crippen LogP contribution in [0, 0.1) is 18.3 Å². The number of aliphatic carboxylic acids is 1. The van der Waals surface area contributed by atoms with Crippen LogP contribution in [0.4, 0.5) is 0 Å². The molecule has 5 nitrogen and oxygen atoms in total. The van der Waals surface area contributed by atoms with Crippen LogP contribution in [-0.4, -0.2) is 48.1 Å². The Bertz CT molecular complexity index is 631. The lowest BCUT2D eigenvalue weighted by Gasteiger charge is -2.23. The number of carbonyl (C=O) groups excluding carboxylic acids is 1. The zero-order valence-electron chi connectivity index (χ0n) is 14.3. The van der Waals surface area contributed by atoms with E-state index in [-0.39, 0.29) is 11.8 Å². The minimum Gasteiger partial charge on any atom is -0.481 e. The highest BCUT2D eigenvalue weighted by atomic mass is 16.4. The predicted molar refractivity (Wildman–Crippen MR) is 91.7 cm³/mol. The summed E-state index contributed by atoms with van der Waals surface area (Å²) in [5, 5.41) is 12.6. The maximum absolute atomic E-state index is 12.2. The van der Waals surface area contributed by atoms with Crippen molar-refractivity contribution in [1.29, 1.82) is 0 Å². The van der Waals surface area contributed by atoms with Gasteiger partial charge in [-0.1, -0.05) is 30.7 Å². The van der Waals surface area contributed by atoms with Crippen LogP contribution in [0.1, 0.15) is 30.4 Å². The van der Waals surface area contributed by atoms with Gasteiger partial charge >= 0.3 is 5.97 Å². The molecule has 3 rings (SSSR count). The fourth-order valence-corrected chi connectivity index (χ4v) is 4.35. The monoisotopic (exact) mass is 330 g/mol. The average molecular weight is 330 g/mol. The molecule has 1 aliphatic carbocycles. The number of rotatable bonds is 6. The molecule has 5 heteroatoms. The van der Waals surface area contributed by atoms with Crippen LogP contribution in [0.15, 0.2) is 24.3 Å². The van der Waals surface area contributed by atoms with Crippen LogP contribution in [0.5, 0.6) is 0 Å². The van der Waals surface area contributed by atoms with E-state index < -0.39 is 11.4 Å². The minimum absolute atomic E-state index is 0.0101. The summed E-state index contributed by atoms with van der Waals surface area (Å²) in [5.41, 5.74) is 1.88. The molecule has 2 atom stereocenters. The molecule has 1 saturated carbocycles. The van der Waals surface area contributed by atoms with E-state index >= 15 is 0 Å². The van der Waals surface area contributed by atoms with E-state index in [0.29, 0.717) is 19.6 Å². The lowest BCUT2D eigenvalue weighted by molar-refractivity contribution is -0.149. The molecule has 0 radical (unpaired) electrons. The maximum Gasteiger partial charge on any atom is 0.311 e. The molecular formula is C19H26N2O3. The number of amides is 1. The van der Waals surface area contributed by atoms with Gasteiger partial charge in [0.1, 0.15) is 0 Å². The van der Waals surface area contributed by atoms with Crippen LogP contribution < -0.4 is 5.32 Å². The fraction of sp³-hybridized carbons (Fsp3) is 0.579. The number of carboxylic acids is 1. The summed E-state index contributed by atoms with van der Waals surface area (Å²) in [6, 6.07) is 8.18. The Morgan fingerprint density at radius 3 is 2.88 bits per heavy atom. The van der Waals surface area contributed by atoms with Gasteiger partial charge in [-0.25, -0.2) is 0 Å². The molecule has 1 heterocycles. The largest absolute Gasteiger partial charge is 0.481 e. The number of nitrogens with one attached hydrogen (secondary N) is 1. The molecule has 1 amide bonds. The highest BCUT2D eigenvalue weighted by molar-refractivity contribution is 5.79. The molecule has 2 N–H and O–H groups in total. The first-order valence-corrected chi connectivity index (χ1v) is 8.78. The third-order valence-electron chi connectivity index (χ3n) is 5.71. The van der Waals surface area contributed by atoms with E-state index in [9.17, 15) is 14.7 Å². The van der Waals surface area contributed by atoms with Gasteiger partial charge < -0.3 is 10.4 Å². The van der Waals surface area contributed by atoms with Crippen molar-refractivity contribution in [2.45, 2.75) is 32.6 Å². The van der Waals surface area contributed by atoms with Crippen molar-refractivity contribution < 1.29 is 14.7 Å². The quantitative estimate of drug-likeness (QED) is 0.835. The number of hydrogen-bond donors (Lipinski definition) is 2. The van der Waals surface area contributed by atoms with E-state index in [1.54, 1.807) is 0 Å². The average Bonchev–Trinajstić information content (AvgIpc) is 3.07. The molecule has 0 spiro atoms. The number of fused-ring (bicyclic) bond motifs is 1. The second kappa shape index (κ2) is 6.93. The van der Waals surface area contributed by atoms with Gasteiger partial charge in [0.2, 0.25) is 5.91 Å². The highest BCUT2D eigenvalue weighted by Gasteiger charge is 2.54. The minimum atomic E-state index is -0.688. The van der Waals surface area contributed by atoms with Crippen LogP contribution in [0.3, 0.4) is 0 Å². The standard InChI is InChI=1S/C19H26N2O3/c1-14-5-2-3-6-15(14)8-10-20-17(22)12-21-11-16-7-4-9-19(16,13-21)18(23)24/h2-3,5-6,16H,4,7-13H2,1H3,(H,20,22)(H,23,24)/t16-,19+/m0/s1. The topological polar surface area (TPSA) is 69.6 Å². The van der Waals surface area contributed by atoms with Gasteiger partial charge in [-0.05, 0) is 43.2 Å². The molecular weight excluding hydrogens is 304 g/mol. The molecule has 0 unspecified atom stereocenters. The van der Waals surface area contributed by atoms with Crippen LogP contribution in [-0.2, 0) is 16.0 Å². The number of likely N-dealkylation sites (tertiary alicyclic amines) is 1. The maximum atomic E-state index is 12.2. The van der Waals surface area contributed by atoms with Crippen molar-refractivity contribution in [2.24, 2.45) is 11.3 Å². The lowest BCUT2D eigenvalue weighted by atomic mass is 9.81. The smallest absolute Gasteiger partial charge is 0.311 e. The summed E-state index contributed by atoms with van der Waals surface area (Å²) >= 11 is 0. The van der Waals surface area contributed by atoms with Crippen molar-refractivity contribution in [3.05, 3.63) is 35.4 Å². The van der Waals surface area contributed by atoms with Crippen LogP contribution in [0.25, 0.3) is 0 Å². The second-order valence-corrected chi connectivity index (χ2v) is 7.25. The van der Waals surface area contributed by atoms with Gasteiger partial charge in [0, 0.05) is 19.6 Å². The first-order valence-electron chi connectivity index (χ1n) is 8.78. The molecule has 1 aliphatic heterocycles. The van der Waals surface area contributed by atoms with Crippen LogP contribution >= 0.6 is 0 Å². The number of nitrogens with zero attached hydrogens (tertiary/aromatic N) is 1. The van der Waals surface area contributed by atoms with Gasteiger partial charge in [0.05, 0.1) is 12.0 Å². The number of aryl methyl sites for hydroxylation is 1. The number of carbonyl (C=O) groups is 2. The summed E-state index contributed by atoms with van der Waals surface area (Å²) in [7, 11) is 0. The molecule has 24 heavy (non-hydrogen) atoms. The van der Waals surface area contributed by atoms with E-state index in [2.05, 4.69) is 24.4 Å². The van der Waals surface area contributed by atoms with Crippen molar-refractivity contribution in [1.82, 2.24) is 10.2 Å². The first kappa shape index (κ1) is 17.0. The highest BCUT2D eigenvalue weighted by Crippen LogP contribution is 2.48. The molecule has 1 saturated heterocycles. The Morgan fingerprint density at radius 2 is 2.17 bits per heavy atom. The normalized spacial score (nSPS) is 26.3. The summed E-state index contributed by atoms with van der Waals surface area (Å²) in [4.78, 5) is 25.9. The third-order valence-corrected chi connectivity index (χ3v) is 5.71. The first-order chi connectivity index (χ1) is 11.5. The zero-order chi connectivity index (χ0) is 17.2.